The molecule has 4 nitrogen and oxygen atoms in total. The van der Waals surface area contributed by atoms with Crippen molar-refractivity contribution in [3.05, 3.63) is 360 Å². The van der Waals surface area contributed by atoms with E-state index in [4.69, 9.17) is 9.97 Å². The van der Waals surface area contributed by atoms with Gasteiger partial charge in [0, 0.05) is 66.2 Å². The van der Waals surface area contributed by atoms with Gasteiger partial charge in [-0.25, -0.2) is 9.97 Å². The van der Waals surface area contributed by atoms with Gasteiger partial charge in [-0.15, -0.1) is 0 Å². The summed E-state index contributed by atoms with van der Waals surface area (Å²) in [6.07, 6.45) is 28.8. The maximum Gasteiger partial charge on any atom is 0.0978 e. The van der Waals surface area contributed by atoms with Gasteiger partial charge >= 0.3 is 0 Å². The monoisotopic (exact) mass is 1930 g/mol. The maximum absolute atomic E-state index is 5.42. The average molecular weight is 1930 g/mol. The summed E-state index contributed by atoms with van der Waals surface area (Å²) in [5.74, 6) is 16.7. The molecule has 17 aromatic rings. The van der Waals surface area contributed by atoms with Crippen molar-refractivity contribution in [2.45, 2.75) is 257 Å². The first-order valence-electron chi connectivity index (χ1n) is 57.9. The summed E-state index contributed by atoms with van der Waals surface area (Å²) in [6, 6.07) is 123. The molecule has 148 heavy (non-hydrogen) atoms. The van der Waals surface area contributed by atoms with Crippen LogP contribution in [0.5, 0.6) is 0 Å². The standard InChI is InChI=1S/C100H120N2.C44H28N2/c1-97(2,3)67-51-68(98(4,5)6)54-73(53-67)101(71-38-59(86-43-63-47-90(86)79-30-18-26-75(63)79)36-60(39-71)87-44-64-48-91(87)80-31-19-27-76(64)80)95-83-24-16-17-25-84(83)96(94-42-58(34-35-85(94)95)57-22-14-13-15-23-57)102(74-55-69(99(7,8)9)52-70(56-74)100(10,11)12)72-40-61(88-45-65-49-92(88)81-32-20-28-77(65)81)37-62(41-72)89-46-66-50-93(89)82-33-21-29-78(66)82;1-3-13-31(14-4-1)39-27-41(35-21-19-29-11-7-9-17-33(29)25-35)45-43-37(39)23-24-38-40(32-15-5-2-6-16-32)28-42(46-44(38)43)36-22-20-30-12-8-10-18-34(30)26-36/h13-17,22-25,34-42,51-56,63-66,75-82,86-93H,18-21,26-33,43-50H2,1-12H3;1-28H. The number of benzene rings is 15. The van der Waals surface area contributed by atoms with Crippen LogP contribution in [0.15, 0.2) is 315 Å². The second-order valence-electron chi connectivity index (χ2n) is 53.2. The molecule has 12 saturated carbocycles. The molecule has 0 saturated heterocycles. The van der Waals surface area contributed by atoms with Gasteiger partial charge < -0.3 is 9.80 Å². The molecule has 12 fully saturated rings. The molecule has 0 radical (unpaired) electrons. The Hall–Kier alpha value is -12.2. The number of hydrogen-bond donors (Lipinski definition) is 0. The molecular formula is C144H148N4. The van der Waals surface area contributed by atoms with E-state index in [-0.39, 0.29) is 21.7 Å². The molecule has 29 rings (SSSR count). The number of aromatic nitrogens is 2. The Morgan fingerprint density at radius 1 is 0.209 bits per heavy atom. The fraction of sp³-hybridized carbons (Fsp3) is 0.389. The molecule has 20 atom stereocenters. The lowest BCUT2D eigenvalue weighted by atomic mass is 9.70. The quantitative estimate of drug-likeness (QED) is 0.0582. The first kappa shape index (κ1) is 93.1. The van der Waals surface area contributed by atoms with Gasteiger partial charge in [0.05, 0.1) is 33.8 Å². The van der Waals surface area contributed by atoms with Crippen molar-refractivity contribution in [3.63, 3.8) is 0 Å². The normalized spacial score (nSPS) is 26.9. The minimum Gasteiger partial charge on any atom is -0.309 e. The van der Waals surface area contributed by atoms with Crippen molar-refractivity contribution in [1.29, 1.82) is 0 Å². The summed E-state index contributed by atoms with van der Waals surface area (Å²) >= 11 is 0. The van der Waals surface area contributed by atoms with Gasteiger partial charge in [0.1, 0.15) is 0 Å². The van der Waals surface area contributed by atoms with Gasteiger partial charge in [0.25, 0.3) is 0 Å². The predicted octanol–water partition coefficient (Wildman–Crippen LogP) is 39.7. The van der Waals surface area contributed by atoms with Crippen LogP contribution in [0.3, 0.4) is 0 Å². The van der Waals surface area contributed by atoms with Crippen molar-refractivity contribution in [3.8, 4) is 55.9 Å². The second-order valence-corrected chi connectivity index (χ2v) is 53.2. The van der Waals surface area contributed by atoms with Crippen molar-refractivity contribution < 1.29 is 0 Å². The highest BCUT2D eigenvalue weighted by atomic mass is 15.2. The Balaban J connectivity index is 0.000000191. The number of rotatable bonds is 15. The van der Waals surface area contributed by atoms with Crippen LogP contribution < -0.4 is 9.80 Å². The van der Waals surface area contributed by atoms with Gasteiger partial charge in [-0.2, -0.15) is 0 Å². The summed E-state index contributed by atoms with van der Waals surface area (Å²) in [5.41, 5.74) is 33.1. The van der Waals surface area contributed by atoms with E-state index in [0.29, 0.717) is 23.7 Å². The van der Waals surface area contributed by atoms with Crippen LogP contribution in [0.25, 0.3) is 121 Å². The van der Waals surface area contributed by atoms with E-state index in [2.05, 4.69) is 408 Å². The fourth-order valence-electron chi connectivity index (χ4n) is 34.4. The minimum atomic E-state index is -0.0833. The third-order valence-corrected chi connectivity index (χ3v) is 41.2. The Morgan fingerprint density at radius 2 is 0.500 bits per heavy atom. The zero-order chi connectivity index (χ0) is 99.8. The molecule has 0 spiro atoms. The predicted molar refractivity (Wildman–Crippen MR) is 624 cm³/mol. The van der Waals surface area contributed by atoms with Crippen molar-refractivity contribution in [2.24, 2.45) is 94.7 Å². The van der Waals surface area contributed by atoms with E-state index in [1.54, 1.807) is 22.3 Å². The van der Waals surface area contributed by atoms with Gasteiger partial charge in [0.15, 0.2) is 0 Å². The minimum absolute atomic E-state index is 0.0792. The summed E-state index contributed by atoms with van der Waals surface area (Å²) in [7, 11) is 0. The third-order valence-electron chi connectivity index (χ3n) is 41.2. The van der Waals surface area contributed by atoms with Crippen LogP contribution in [-0.2, 0) is 21.7 Å². The summed E-state index contributed by atoms with van der Waals surface area (Å²) < 4.78 is 0. The Morgan fingerprint density at radius 3 is 0.851 bits per heavy atom. The Bertz CT molecular complexity index is 7720. The zero-order valence-electron chi connectivity index (χ0n) is 89.5. The van der Waals surface area contributed by atoms with Crippen LogP contribution in [0.1, 0.15) is 280 Å². The van der Waals surface area contributed by atoms with Crippen LogP contribution in [0.4, 0.5) is 34.1 Å². The summed E-state index contributed by atoms with van der Waals surface area (Å²) in [4.78, 5) is 16.7. The number of hydrogen-bond acceptors (Lipinski definition) is 4. The van der Waals surface area contributed by atoms with Crippen LogP contribution in [0.2, 0.25) is 0 Å². The van der Waals surface area contributed by atoms with Gasteiger partial charge in [-0.3, -0.25) is 0 Å². The summed E-state index contributed by atoms with van der Waals surface area (Å²) in [6.45, 7) is 29.5. The van der Waals surface area contributed by atoms with E-state index in [0.717, 1.165) is 161 Å². The number of anilines is 6. The molecule has 8 bridgehead atoms. The van der Waals surface area contributed by atoms with Crippen LogP contribution in [0, 0.1) is 94.7 Å². The third kappa shape index (κ3) is 15.9. The highest BCUT2D eigenvalue weighted by Crippen LogP contribution is 2.70. The number of fused-ring (bicyclic) bond motifs is 27. The molecule has 0 aliphatic heterocycles. The molecule has 12 aliphatic rings. The van der Waals surface area contributed by atoms with Gasteiger partial charge in [0.2, 0.25) is 0 Å². The lowest BCUT2D eigenvalue weighted by Crippen LogP contribution is -2.25. The lowest BCUT2D eigenvalue weighted by molar-refractivity contribution is 0.229. The molecule has 2 heterocycles. The molecule has 0 amide bonds. The molecular weight excluding hydrogens is 1790 g/mol. The van der Waals surface area contributed by atoms with Gasteiger partial charge in [-0.05, 0) is 421 Å². The highest BCUT2D eigenvalue weighted by Gasteiger charge is 2.59. The number of nitrogens with zero attached hydrogens (tertiary/aromatic N) is 4. The molecule has 15 aromatic carbocycles. The lowest BCUT2D eigenvalue weighted by Gasteiger charge is -2.38. The topological polar surface area (TPSA) is 32.3 Å². The van der Waals surface area contributed by atoms with Crippen molar-refractivity contribution >= 4 is 99.0 Å². The van der Waals surface area contributed by atoms with Crippen LogP contribution in [-0.4, -0.2) is 9.97 Å². The molecule has 2 aromatic heterocycles. The van der Waals surface area contributed by atoms with E-state index in [1.807, 2.05) is 0 Å². The van der Waals surface area contributed by atoms with Crippen LogP contribution >= 0.6 is 0 Å². The van der Waals surface area contributed by atoms with Crippen molar-refractivity contribution in [2.75, 3.05) is 9.80 Å². The maximum atomic E-state index is 5.42. The highest BCUT2D eigenvalue weighted by molar-refractivity contribution is 6.24. The first-order valence-corrected chi connectivity index (χ1v) is 57.9. The van der Waals surface area contributed by atoms with E-state index < -0.39 is 0 Å². The smallest absolute Gasteiger partial charge is 0.0978 e. The van der Waals surface area contributed by atoms with E-state index in [9.17, 15) is 0 Å². The second kappa shape index (κ2) is 35.7. The zero-order valence-corrected chi connectivity index (χ0v) is 89.5. The Kier molecular flexibility index (Phi) is 22.5. The molecule has 12 aliphatic carbocycles. The Labute approximate surface area is 879 Å². The molecule has 0 N–H and O–H groups in total. The summed E-state index contributed by atoms with van der Waals surface area (Å²) in [5, 5.41) is 12.4. The number of pyridine rings is 2. The molecule has 20 unspecified atom stereocenters. The van der Waals surface area contributed by atoms with E-state index >= 15 is 0 Å². The molecule has 4 heteroatoms. The van der Waals surface area contributed by atoms with E-state index in [1.165, 1.54) is 239 Å². The van der Waals surface area contributed by atoms with Crippen molar-refractivity contribution in [1.82, 2.24) is 9.97 Å². The first-order chi connectivity index (χ1) is 71.8. The molecule has 744 valence electrons. The fourth-order valence-corrected chi connectivity index (χ4v) is 34.4. The SMILES string of the molecule is CC(C)(C)c1cc(N(c2cc(C3CC4CC3C3CCCC43)cc(C3CC4CC3C3CCCC43)c2)c2c3ccccc3c(N(c3cc(C4CC5CC4C4CCCC54)cc(C4CC5CC4C4CCCC54)c3)c3cc(C(C)(C)C)cc(C(C)(C)C)c3)c3cc(-c4ccccc4)ccc23)cc(C(C)(C)C)c1.c1ccc(-c2cc(-c3ccc4ccccc4c3)nc3c2ccc2c(-c4ccccc4)cc(-c4ccc5ccccc5c4)nc23)cc1. The largest absolute Gasteiger partial charge is 0.309 e. The van der Waals surface area contributed by atoms with Gasteiger partial charge in [-0.1, -0.05) is 345 Å². The average Bonchev–Trinajstić information content (AvgIpc) is 1.16.